The van der Waals surface area contributed by atoms with Crippen molar-refractivity contribution < 1.29 is 8.42 Å². The Labute approximate surface area is 100 Å². The van der Waals surface area contributed by atoms with Gasteiger partial charge in [0.1, 0.15) is 4.21 Å². The van der Waals surface area contributed by atoms with Gasteiger partial charge in [-0.25, -0.2) is 13.1 Å². The molecule has 0 amide bonds. The molecular formula is C10H16N2O2S2. The summed E-state index contributed by atoms with van der Waals surface area (Å²) >= 11 is 1.33. The first kappa shape index (κ1) is 12.0. The largest absolute Gasteiger partial charge is 0.315 e. The van der Waals surface area contributed by atoms with Gasteiger partial charge in [-0.1, -0.05) is 0 Å². The lowest BCUT2D eigenvalue weighted by Gasteiger charge is -2.11. The highest BCUT2D eigenvalue weighted by molar-refractivity contribution is 7.91. The molecule has 0 radical (unpaired) electrons. The van der Waals surface area contributed by atoms with Gasteiger partial charge in [-0.3, -0.25) is 0 Å². The summed E-state index contributed by atoms with van der Waals surface area (Å²) in [6, 6.07) is 1.94. The van der Waals surface area contributed by atoms with Gasteiger partial charge >= 0.3 is 0 Å². The highest BCUT2D eigenvalue weighted by Crippen LogP contribution is 2.26. The van der Waals surface area contributed by atoms with Gasteiger partial charge in [-0.2, -0.15) is 0 Å². The fourth-order valence-electron chi connectivity index (χ4n) is 1.91. The van der Waals surface area contributed by atoms with Crippen LogP contribution in [0.15, 0.2) is 10.3 Å². The molecule has 0 spiro atoms. The third-order valence-corrected chi connectivity index (χ3v) is 5.93. The molecule has 2 heterocycles. The van der Waals surface area contributed by atoms with E-state index in [1.54, 1.807) is 0 Å². The quantitative estimate of drug-likeness (QED) is 0.852. The Hall–Kier alpha value is -0.430. The number of sulfonamides is 1. The highest BCUT2D eigenvalue weighted by atomic mass is 32.2. The van der Waals surface area contributed by atoms with Gasteiger partial charge in [-0.05, 0) is 38.4 Å². The zero-order valence-electron chi connectivity index (χ0n) is 9.41. The molecule has 1 atom stereocenters. The minimum atomic E-state index is -3.33. The summed E-state index contributed by atoms with van der Waals surface area (Å²) in [6.45, 7) is 5.37. The van der Waals surface area contributed by atoms with Gasteiger partial charge in [0.05, 0.1) is 0 Å². The van der Waals surface area contributed by atoms with E-state index in [2.05, 4.69) is 10.0 Å². The standard InChI is InChI=1S/C10H16N2O2S2/c1-7-5-8(2)15-10(7)16(13,14)12-9-3-4-11-6-9/h5,9,11-12H,3-4,6H2,1-2H3. The monoisotopic (exact) mass is 260 g/mol. The number of aryl methyl sites for hydroxylation is 2. The third kappa shape index (κ3) is 2.45. The molecule has 1 saturated heterocycles. The fraction of sp³-hybridized carbons (Fsp3) is 0.600. The maximum absolute atomic E-state index is 12.1. The maximum Gasteiger partial charge on any atom is 0.250 e. The van der Waals surface area contributed by atoms with Crippen LogP contribution in [-0.2, 0) is 10.0 Å². The normalized spacial score (nSPS) is 21.5. The first-order chi connectivity index (χ1) is 7.49. The van der Waals surface area contributed by atoms with Crippen molar-refractivity contribution in [1.29, 1.82) is 0 Å². The average Bonchev–Trinajstić information content (AvgIpc) is 2.75. The van der Waals surface area contributed by atoms with Crippen LogP contribution in [0.2, 0.25) is 0 Å². The molecule has 0 saturated carbocycles. The van der Waals surface area contributed by atoms with Crippen LogP contribution in [0.1, 0.15) is 16.9 Å². The van der Waals surface area contributed by atoms with Crippen LogP contribution in [0.5, 0.6) is 0 Å². The van der Waals surface area contributed by atoms with Crippen molar-refractivity contribution in [3.63, 3.8) is 0 Å². The summed E-state index contributed by atoms with van der Waals surface area (Å²) in [5.41, 5.74) is 0.834. The van der Waals surface area contributed by atoms with Crippen molar-refractivity contribution in [1.82, 2.24) is 10.0 Å². The van der Waals surface area contributed by atoms with Gasteiger partial charge in [0.15, 0.2) is 0 Å². The minimum absolute atomic E-state index is 0.0341. The highest BCUT2D eigenvalue weighted by Gasteiger charge is 2.25. The molecule has 1 aliphatic heterocycles. The van der Waals surface area contributed by atoms with E-state index in [-0.39, 0.29) is 6.04 Å². The Kier molecular flexibility index (Phi) is 3.34. The van der Waals surface area contributed by atoms with Crippen LogP contribution in [0.25, 0.3) is 0 Å². The van der Waals surface area contributed by atoms with Crippen molar-refractivity contribution in [2.75, 3.05) is 13.1 Å². The van der Waals surface area contributed by atoms with E-state index >= 15 is 0 Å². The zero-order chi connectivity index (χ0) is 11.8. The van der Waals surface area contributed by atoms with E-state index in [0.29, 0.717) is 4.21 Å². The molecule has 1 fully saturated rings. The number of thiophene rings is 1. The number of hydrogen-bond donors (Lipinski definition) is 2. The summed E-state index contributed by atoms with van der Waals surface area (Å²) in [6.07, 6.45) is 0.864. The average molecular weight is 260 g/mol. The molecule has 2 N–H and O–H groups in total. The first-order valence-corrected chi connectivity index (χ1v) is 7.59. The van der Waals surface area contributed by atoms with Crippen LogP contribution >= 0.6 is 11.3 Å². The lowest BCUT2D eigenvalue weighted by molar-refractivity contribution is 0.561. The van der Waals surface area contributed by atoms with Crippen molar-refractivity contribution in [3.05, 3.63) is 16.5 Å². The van der Waals surface area contributed by atoms with Crippen LogP contribution in [0.4, 0.5) is 0 Å². The van der Waals surface area contributed by atoms with Crippen molar-refractivity contribution >= 4 is 21.4 Å². The molecule has 0 aliphatic carbocycles. The summed E-state index contributed by atoms with van der Waals surface area (Å²) < 4.78 is 27.4. The Morgan fingerprint density at radius 2 is 2.25 bits per heavy atom. The van der Waals surface area contributed by atoms with E-state index in [4.69, 9.17) is 0 Å². The van der Waals surface area contributed by atoms with E-state index in [9.17, 15) is 8.42 Å². The first-order valence-electron chi connectivity index (χ1n) is 5.29. The van der Waals surface area contributed by atoms with Gasteiger partial charge in [0.25, 0.3) is 10.0 Å². The van der Waals surface area contributed by atoms with Gasteiger partial charge in [0.2, 0.25) is 0 Å². The molecule has 1 unspecified atom stereocenters. The van der Waals surface area contributed by atoms with E-state index < -0.39 is 10.0 Å². The lowest BCUT2D eigenvalue weighted by Crippen LogP contribution is -2.36. The van der Waals surface area contributed by atoms with Gasteiger partial charge in [-0.15, -0.1) is 11.3 Å². The zero-order valence-corrected chi connectivity index (χ0v) is 11.0. The molecule has 4 nitrogen and oxygen atoms in total. The second-order valence-corrected chi connectivity index (χ2v) is 7.30. The Morgan fingerprint density at radius 3 is 2.75 bits per heavy atom. The number of rotatable bonds is 3. The molecule has 1 aliphatic rings. The molecule has 90 valence electrons. The molecule has 1 aromatic rings. The second kappa shape index (κ2) is 4.44. The SMILES string of the molecule is Cc1cc(C)c(S(=O)(=O)NC2CCNC2)s1. The van der Waals surface area contributed by atoms with Crippen LogP contribution in [0, 0.1) is 13.8 Å². The molecule has 6 heteroatoms. The summed E-state index contributed by atoms with van der Waals surface area (Å²) in [5, 5.41) is 3.14. The maximum atomic E-state index is 12.1. The van der Waals surface area contributed by atoms with Crippen molar-refractivity contribution in [3.8, 4) is 0 Å². The Balaban J connectivity index is 2.21. The van der Waals surface area contributed by atoms with Crippen LogP contribution < -0.4 is 10.0 Å². The summed E-state index contributed by atoms with van der Waals surface area (Å²) in [5.74, 6) is 0. The molecule has 16 heavy (non-hydrogen) atoms. The van der Waals surface area contributed by atoms with Crippen molar-refractivity contribution in [2.24, 2.45) is 0 Å². The van der Waals surface area contributed by atoms with E-state index in [1.165, 1.54) is 11.3 Å². The van der Waals surface area contributed by atoms with Gasteiger partial charge < -0.3 is 5.32 Å². The molecule has 0 bridgehead atoms. The second-order valence-electron chi connectivity index (χ2n) is 4.14. The lowest BCUT2D eigenvalue weighted by atomic mass is 10.3. The molecular weight excluding hydrogens is 244 g/mol. The summed E-state index contributed by atoms with van der Waals surface area (Å²) in [4.78, 5) is 1.03. The smallest absolute Gasteiger partial charge is 0.250 e. The number of nitrogens with one attached hydrogen (secondary N) is 2. The van der Waals surface area contributed by atoms with E-state index in [1.807, 2.05) is 19.9 Å². The predicted molar refractivity (Wildman–Crippen MR) is 65.4 cm³/mol. The molecule has 1 aromatic heterocycles. The topological polar surface area (TPSA) is 58.2 Å². The predicted octanol–water partition coefficient (Wildman–Crippen LogP) is 1.01. The molecule has 2 rings (SSSR count). The minimum Gasteiger partial charge on any atom is -0.315 e. The van der Waals surface area contributed by atoms with Crippen LogP contribution in [-0.4, -0.2) is 27.5 Å². The Bertz CT molecular complexity index is 473. The summed E-state index contributed by atoms with van der Waals surface area (Å²) in [7, 11) is -3.33. The fourth-order valence-corrected chi connectivity index (χ4v) is 4.87. The van der Waals surface area contributed by atoms with Crippen LogP contribution in [0.3, 0.4) is 0 Å². The number of hydrogen-bond acceptors (Lipinski definition) is 4. The van der Waals surface area contributed by atoms with Gasteiger partial charge in [0, 0.05) is 17.5 Å². The Morgan fingerprint density at radius 1 is 1.50 bits per heavy atom. The van der Waals surface area contributed by atoms with Crippen molar-refractivity contribution in [2.45, 2.75) is 30.5 Å². The molecule has 0 aromatic carbocycles. The van der Waals surface area contributed by atoms with E-state index in [0.717, 1.165) is 30.0 Å². The third-order valence-electron chi connectivity index (χ3n) is 2.62.